The number of rotatable bonds is 5. The molecule has 29 heavy (non-hydrogen) atoms. The van der Waals surface area contributed by atoms with E-state index in [1.165, 1.54) is 0 Å². The summed E-state index contributed by atoms with van der Waals surface area (Å²) in [5, 5.41) is 0. The molecule has 1 aliphatic heterocycles. The van der Waals surface area contributed by atoms with Crippen LogP contribution in [0.5, 0.6) is 11.5 Å². The Balaban J connectivity index is 1.50. The van der Waals surface area contributed by atoms with Crippen LogP contribution in [-0.2, 0) is 6.61 Å². The van der Waals surface area contributed by atoms with E-state index in [1.54, 1.807) is 48.7 Å². The van der Waals surface area contributed by atoms with Gasteiger partial charge in [-0.05, 0) is 54.4 Å². The summed E-state index contributed by atoms with van der Waals surface area (Å²) in [4.78, 5) is 27.9. The van der Waals surface area contributed by atoms with Gasteiger partial charge < -0.3 is 15.2 Å². The number of amides is 1. The Morgan fingerprint density at radius 2 is 1.97 bits per heavy atom. The molecule has 0 radical (unpaired) electrons. The fraction of sp³-hybridized carbons (Fsp3) is 0.174. The molecule has 2 aromatic carbocycles. The number of hydrogen-bond acceptors (Lipinski definition) is 5. The van der Waals surface area contributed by atoms with Crippen molar-refractivity contribution in [3.05, 3.63) is 88.7 Å². The number of carbonyl (C=O) groups is 2. The normalized spacial score (nSPS) is 15.3. The maximum absolute atomic E-state index is 12.6. The van der Waals surface area contributed by atoms with Crippen molar-refractivity contribution < 1.29 is 19.1 Å². The smallest absolute Gasteiger partial charge is 0.248 e. The Bertz CT molecular complexity index is 1080. The Morgan fingerprint density at radius 3 is 2.69 bits per heavy atom. The van der Waals surface area contributed by atoms with Gasteiger partial charge in [-0.2, -0.15) is 0 Å². The fourth-order valence-corrected chi connectivity index (χ4v) is 3.28. The Labute approximate surface area is 168 Å². The minimum atomic E-state index is -0.465. The van der Waals surface area contributed by atoms with Gasteiger partial charge in [0.15, 0.2) is 5.78 Å². The highest BCUT2D eigenvalue weighted by atomic mass is 16.5. The van der Waals surface area contributed by atoms with Crippen LogP contribution in [0.25, 0.3) is 0 Å². The molecule has 1 aromatic heterocycles. The third-order valence-electron chi connectivity index (χ3n) is 4.83. The second-order valence-electron chi connectivity index (χ2n) is 6.97. The Morgan fingerprint density at radius 1 is 1.17 bits per heavy atom. The molecule has 1 aliphatic rings. The van der Waals surface area contributed by atoms with Crippen LogP contribution in [0, 0.1) is 6.92 Å². The summed E-state index contributed by atoms with van der Waals surface area (Å²) in [6.45, 7) is 2.22. The lowest BCUT2D eigenvalue weighted by molar-refractivity contribution is 0.0848. The zero-order chi connectivity index (χ0) is 20.4. The van der Waals surface area contributed by atoms with E-state index in [1.807, 2.05) is 19.1 Å². The molecular formula is C23H20N2O4. The Kier molecular flexibility index (Phi) is 4.99. The number of aryl methyl sites for hydroxylation is 1. The van der Waals surface area contributed by atoms with Crippen LogP contribution in [0.1, 0.15) is 50.1 Å². The lowest BCUT2D eigenvalue weighted by Crippen LogP contribution is -2.20. The second-order valence-corrected chi connectivity index (χ2v) is 6.97. The molecule has 1 unspecified atom stereocenters. The van der Waals surface area contributed by atoms with E-state index >= 15 is 0 Å². The molecule has 6 heteroatoms. The molecule has 1 amide bonds. The average molecular weight is 388 g/mol. The zero-order valence-electron chi connectivity index (χ0n) is 15.9. The number of fused-ring (bicyclic) bond motifs is 1. The number of ether oxygens (including phenoxy) is 2. The molecule has 1 atom stereocenters. The maximum atomic E-state index is 12.6. The minimum Gasteiger partial charge on any atom is -0.489 e. The van der Waals surface area contributed by atoms with E-state index in [0.717, 1.165) is 16.8 Å². The van der Waals surface area contributed by atoms with Crippen molar-refractivity contribution in [1.29, 1.82) is 0 Å². The summed E-state index contributed by atoms with van der Waals surface area (Å²) >= 11 is 0. The molecule has 0 aliphatic carbocycles. The number of primary amides is 1. The molecule has 0 saturated heterocycles. The van der Waals surface area contributed by atoms with Gasteiger partial charge in [0.25, 0.3) is 0 Å². The fourth-order valence-electron chi connectivity index (χ4n) is 3.28. The predicted octanol–water partition coefficient (Wildman–Crippen LogP) is 3.77. The van der Waals surface area contributed by atoms with Crippen molar-refractivity contribution in [2.24, 2.45) is 5.73 Å². The summed E-state index contributed by atoms with van der Waals surface area (Å²) in [5.74, 6) is 0.691. The third kappa shape index (κ3) is 4.11. The van der Waals surface area contributed by atoms with Crippen LogP contribution in [0.4, 0.5) is 0 Å². The Hall–Kier alpha value is -3.67. The van der Waals surface area contributed by atoms with Crippen molar-refractivity contribution in [2.45, 2.75) is 26.1 Å². The zero-order valence-corrected chi connectivity index (χ0v) is 15.9. The molecule has 4 rings (SSSR count). The van der Waals surface area contributed by atoms with Crippen molar-refractivity contribution in [2.75, 3.05) is 0 Å². The van der Waals surface area contributed by atoms with Gasteiger partial charge in [-0.3, -0.25) is 14.6 Å². The topological polar surface area (TPSA) is 91.5 Å². The highest BCUT2D eigenvalue weighted by Gasteiger charge is 2.28. The minimum absolute atomic E-state index is 0.0410. The van der Waals surface area contributed by atoms with E-state index in [-0.39, 0.29) is 11.9 Å². The van der Waals surface area contributed by atoms with E-state index in [0.29, 0.717) is 35.7 Å². The van der Waals surface area contributed by atoms with Gasteiger partial charge in [0.2, 0.25) is 5.91 Å². The first-order valence-corrected chi connectivity index (χ1v) is 9.27. The first-order valence-electron chi connectivity index (χ1n) is 9.27. The van der Waals surface area contributed by atoms with E-state index < -0.39 is 5.91 Å². The summed E-state index contributed by atoms with van der Waals surface area (Å²) in [7, 11) is 0. The predicted molar refractivity (Wildman–Crippen MR) is 107 cm³/mol. The van der Waals surface area contributed by atoms with Gasteiger partial charge in [-0.25, -0.2) is 0 Å². The summed E-state index contributed by atoms with van der Waals surface area (Å²) < 4.78 is 11.9. The first kappa shape index (κ1) is 18.7. The van der Waals surface area contributed by atoms with Crippen LogP contribution in [0.3, 0.4) is 0 Å². The number of nitrogens with two attached hydrogens (primary N) is 1. The van der Waals surface area contributed by atoms with E-state index in [2.05, 4.69) is 4.98 Å². The average Bonchev–Trinajstić information content (AvgIpc) is 2.72. The van der Waals surface area contributed by atoms with Crippen LogP contribution in [-0.4, -0.2) is 16.7 Å². The number of Topliss-reactive ketones (excluding diaryl/α,β-unsaturated/α-hetero) is 1. The summed E-state index contributed by atoms with van der Waals surface area (Å²) in [6.07, 6.45) is 1.67. The van der Waals surface area contributed by atoms with Crippen molar-refractivity contribution >= 4 is 11.7 Å². The SMILES string of the molecule is Cc1cc(C2CC(=O)c3ccc(OCc4ccc(C(N)=O)cc4)cc3O2)ccn1. The molecule has 0 spiro atoms. The highest BCUT2D eigenvalue weighted by molar-refractivity contribution is 6.00. The summed E-state index contributed by atoms with van der Waals surface area (Å²) in [6, 6.07) is 15.9. The standard InChI is InChI=1S/C23H20N2O4/c1-14-10-17(8-9-25-14)21-12-20(26)19-7-6-18(11-22(19)29-21)28-13-15-2-4-16(5-3-15)23(24)27/h2-11,21H,12-13H2,1H3,(H2,24,27). The summed E-state index contributed by atoms with van der Waals surface area (Å²) in [5.41, 5.74) is 8.97. The van der Waals surface area contributed by atoms with Gasteiger partial charge >= 0.3 is 0 Å². The van der Waals surface area contributed by atoms with Gasteiger partial charge in [0, 0.05) is 23.5 Å². The quantitative estimate of drug-likeness (QED) is 0.718. The number of carbonyl (C=O) groups excluding carboxylic acids is 2. The van der Waals surface area contributed by atoms with Crippen molar-refractivity contribution in [1.82, 2.24) is 4.98 Å². The molecule has 146 valence electrons. The third-order valence-corrected chi connectivity index (χ3v) is 4.83. The lowest BCUT2D eigenvalue weighted by atomic mass is 9.96. The lowest BCUT2D eigenvalue weighted by Gasteiger charge is -2.26. The van der Waals surface area contributed by atoms with Gasteiger partial charge in [0.05, 0.1) is 12.0 Å². The number of pyridine rings is 1. The molecule has 2 N–H and O–H groups in total. The van der Waals surface area contributed by atoms with Crippen molar-refractivity contribution in [3.8, 4) is 11.5 Å². The number of aromatic nitrogens is 1. The first-order chi connectivity index (χ1) is 14.0. The van der Waals surface area contributed by atoms with Crippen LogP contribution in [0.2, 0.25) is 0 Å². The molecule has 0 saturated carbocycles. The van der Waals surface area contributed by atoms with E-state index in [4.69, 9.17) is 15.2 Å². The number of ketones is 1. The number of hydrogen-bond donors (Lipinski definition) is 1. The number of nitrogens with zero attached hydrogens (tertiary/aromatic N) is 1. The molecular weight excluding hydrogens is 368 g/mol. The molecule has 3 aromatic rings. The van der Waals surface area contributed by atoms with E-state index in [9.17, 15) is 9.59 Å². The monoisotopic (exact) mass is 388 g/mol. The van der Waals surface area contributed by atoms with Crippen LogP contribution in [0.15, 0.2) is 60.8 Å². The van der Waals surface area contributed by atoms with Gasteiger partial charge in [0.1, 0.15) is 24.2 Å². The largest absolute Gasteiger partial charge is 0.489 e. The van der Waals surface area contributed by atoms with Gasteiger partial charge in [-0.15, -0.1) is 0 Å². The molecule has 2 heterocycles. The van der Waals surface area contributed by atoms with Crippen LogP contribution >= 0.6 is 0 Å². The van der Waals surface area contributed by atoms with Gasteiger partial charge in [-0.1, -0.05) is 12.1 Å². The van der Waals surface area contributed by atoms with Crippen LogP contribution < -0.4 is 15.2 Å². The molecule has 0 fully saturated rings. The highest BCUT2D eigenvalue weighted by Crippen LogP contribution is 2.37. The number of benzene rings is 2. The molecule has 6 nitrogen and oxygen atoms in total. The van der Waals surface area contributed by atoms with Crippen molar-refractivity contribution in [3.63, 3.8) is 0 Å². The second kappa shape index (κ2) is 7.75. The maximum Gasteiger partial charge on any atom is 0.248 e. The molecule has 0 bridgehead atoms.